The number of aryl methyl sites for hydroxylation is 1. The highest BCUT2D eigenvalue weighted by Gasteiger charge is 2.20. The molecule has 0 aliphatic rings. The molecule has 0 radical (unpaired) electrons. The van der Waals surface area contributed by atoms with Gasteiger partial charge in [0, 0.05) is 17.2 Å². The molecule has 1 atom stereocenters. The van der Waals surface area contributed by atoms with Crippen LogP contribution in [0.1, 0.15) is 22.7 Å². The van der Waals surface area contributed by atoms with Gasteiger partial charge in [-0.05, 0) is 25.6 Å². The van der Waals surface area contributed by atoms with E-state index in [2.05, 4.69) is 5.32 Å². The lowest BCUT2D eigenvalue weighted by molar-refractivity contribution is 0.410. The van der Waals surface area contributed by atoms with Crippen molar-refractivity contribution in [3.63, 3.8) is 0 Å². The topological polar surface area (TPSA) is 21.3 Å². The fourth-order valence-corrected chi connectivity index (χ4v) is 2.24. The number of hydrogen-bond acceptors (Lipinski definition) is 2. The van der Waals surface area contributed by atoms with Crippen LogP contribution in [0.4, 0.5) is 8.78 Å². The number of hydrogen-bond donors (Lipinski definition) is 1. The number of methoxy groups -OCH3 is 1. The van der Waals surface area contributed by atoms with Gasteiger partial charge in [-0.25, -0.2) is 8.78 Å². The summed E-state index contributed by atoms with van der Waals surface area (Å²) >= 11 is 0. The van der Waals surface area contributed by atoms with Crippen molar-refractivity contribution in [1.29, 1.82) is 0 Å². The van der Waals surface area contributed by atoms with E-state index >= 15 is 0 Å². The summed E-state index contributed by atoms with van der Waals surface area (Å²) < 4.78 is 33.3. The molecule has 4 heteroatoms. The minimum Gasteiger partial charge on any atom is -0.497 e. The predicted molar refractivity (Wildman–Crippen MR) is 75.0 cm³/mol. The first-order valence-electron chi connectivity index (χ1n) is 6.34. The van der Waals surface area contributed by atoms with E-state index in [0.29, 0.717) is 22.4 Å². The Morgan fingerprint density at radius 1 is 1.10 bits per heavy atom. The maximum absolute atomic E-state index is 14.2. The quantitative estimate of drug-likeness (QED) is 0.922. The molecule has 2 nitrogen and oxygen atoms in total. The number of rotatable bonds is 4. The lowest BCUT2D eigenvalue weighted by Gasteiger charge is -2.19. The van der Waals surface area contributed by atoms with Gasteiger partial charge in [0.25, 0.3) is 0 Å². The van der Waals surface area contributed by atoms with Gasteiger partial charge in [-0.3, -0.25) is 0 Å². The van der Waals surface area contributed by atoms with E-state index in [1.165, 1.54) is 13.2 Å². The Labute approximate surface area is 117 Å². The Morgan fingerprint density at radius 3 is 2.45 bits per heavy atom. The molecule has 0 heterocycles. The molecule has 0 bridgehead atoms. The van der Waals surface area contributed by atoms with Crippen LogP contribution in [0.5, 0.6) is 5.75 Å². The van der Waals surface area contributed by atoms with Crippen molar-refractivity contribution in [3.8, 4) is 5.75 Å². The lowest BCUT2D eigenvalue weighted by atomic mass is 9.96. The fourth-order valence-electron chi connectivity index (χ4n) is 2.24. The molecule has 0 saturated carbocycles. The van der Waals surface area contributed by atoms with Crippen LogP contribution in [-0.4, -0.2) is 14.2 Å². The molecule has 106 valence electrons. The van der Waals surface area contributed by atoms with Crippen molar-refractivity contribution in [2.24, 2.45) is 0 Å². The van der Waals surface area contributed by atoms with Gasteiger partial charge in [0.2, 0.25) is 0 Å². The molecule has 0 saturated heterocycles. The average Bonchev–Trinajstić information content (AvgIpc) is 2.45. The van der Waals surface area contributed by atoms with Crippen LogP contribution in [0.2, 0.25) is 0 Å². The highest BCUT2D eigenvalue weighted by Crippen LogP contribution is 2.29. The first-order valence-corrected chi connectivity index (χ1v) is 6.34. The fraction of sp³-hybridized carbons (Fsp3) is 0.250. The zero-order chi connectivity index (χ0) is 14.7. The van der Waals surface area contributed by atoms with Crippen molar-refractivity contribution in [1.82, 2.24) is 5.32 Å². The summed E-state index contributed by atoms with van der Waals surface area (Å²) in [5.41, 5.74) is 1.35. The number of nitrogens with one attached hydrogen (secondary N) is 1. The molecule has 1 unspecified atom stereocenters. The summed E-state index contributed by atoms with van der Waals surface area (Å²) in [6.45, 7) is 1.69. The maximum Gasteiger partial charge on any atom is 0.132 e. The summed E-state index contributed by atoms with van der Waals surface area (Å²) in [6, 6.07) is 9.14. The minimum atomic E-state index is -0.541. The molecular formula is C16H17F2NO. The van der Waals surface area contributed by atoms with Crippen molar-refractivity contribution in [3.05, 3.63) is 64.7 Å². The first-order chi connectivity index (χ1) is 9.58. The summed E-state index contributed by atoms with van der Waals surface area (Å²) in [5.74, 6) is -0.308. The zero-order valence-electron chi connectivity index (χ0n) is 11.7. The van der Waals surface area contributed by atoms with E-state index < -0.39 is 11.9 Å². The Morgan fingerprint density at radius 2 is 1.85 bits per heavy atom. The van der Waals surface area contributed by atoms with Crippen LogP contribution in [0.25, 0.3) is 0 Å². The summed E-state index contributed by atoms with van der Waals surface area (Å²) in [7, 11) is 3.15. The molecule has 0 fully saturated rings. The molecule has 0 aliphatic carbocycles. The average molecular weight is 277 g/mol. The van der Waals surface area contributed by atoms with Crippen LogP contribution >= 0.6 is 0 Å². The van der Waals surface area contributed by atoms with E-state index in [0.717, 1.165) is 0 Å². The van der Waals surface area contributed by atoms with Crippen LogP contribution < -0.4 is 10.1 Å². The molecule has 2 aromatic rings. The smallest absolute Gasteiger partial charge is 0.132 e. The van der Waals surface area contributed by atoms with Gasteiger partial charge in [0.05, 0.1) is 13.2 Å². The Hall–Kier alpha value is -1.94. The van der Waals surface area contributed by atoms with E-state index in [-0.39, 0.29) is 5.82 Å². The van der Waals surface area contributed by atoms with Crippen molar-refractivity contribution >= 4 is 0 Å². The molecule has 0 aromatic heterocycles. The van der Waals surface area contributed by atoms with Crippen LogP contribution in [-0.2, 0) is 0 Å². The summed E-state index contributed by atoms with van der Waals surface area (Å²) in [6.07, 6.45) is 0. The van der Waals surface area contributed by atoms with Crippen LogP contribution in [0.3, 0.4) is 0 Å². The van der Waals surface area contributed by atoms with Gasteiger partial charge in [0.1, 0.15) is 17.4 Å². The van der Waals surface area contributed by atoms with E-state index in [1.807, 2.05) is 0 Å². The maximum atomic E-state index is 14.2. The zero-order valence-corrected chi connectivity index (χ0v) is 11.7. The van der Waals surface area contributed by atoms with Gasteiger partial charge < -0.3 is 10.1 Å². The second-order valence-corrected chi connectivity index (χ2v) is 4.59. The monoisotopic (exact) mass is 277 g/mol. The summed E-state index contributed by atoms with van der Waals surface area (Å²) in [5, 5.41) is 2.96. The molecule has 20 heavy (non-hydrogen) atoms. The third-order valence-electron chi connectivity index (χ3n) is 3.34. The van der Waals surface area contributed by atoms with Gasteiger partial charge in [-0.15, -0.1) is 0 Å². The Kier molecular flexibility index (Phi) is 4.35. The number of benzene rings is 2. The van der Waals surface area contributed by atoms with Crippen molar-refractivity contribution in [2.75, 3.05) is 14.2 Å². The minimum absolute atomic E-state index is 0.318. The van der Waals surface area contributed by atoms with Gasteiger partial charge in [-0.1, -0.05) is 24.3 Å². The normalized spacial score (nSPS) is 12.2. The number of halogens is 2. The van der Waals surface area contributed by atoms with Crippen LogP contribution in [0, 0.1) is 18.6 Å². The second-order valence-electron chi connectivity index (χ2n) is 4.59. The molecule has 2 aromatic carbocycles. The number of ether oxygens (including phenoxy) is 1. The van der Waals surface area contributed by atoms with E-state index in [1.54, 1.807) is 44.3 Å². The molecule has 0 aliphatic heterocycles. The predicted octanol–water partition coefficient (Wildman–Crippen LogP) is 3.59. The first kappa shape index (κ1) is 14.5. The van der Waals surface area contributed by atoms with Crippen molar-refractivity contribution < 1.29 is 13.5 Å². The van der Waals surface area contributed by atoms with Crippen molar-refractivity contribution in [2.45, 2.75) is 13.0 Å². The third kappa shape index (κ3) is 2.65. The third-order valence-corrected chi connectivity index (χ3v) is 3.34. The van der Waals surface area contributed by atoms with Crippen LogP contribution in [0.15, 0.2) is 36.4 Å². The van der Waals surface area contributed by atoms with Gasteiger partial charge in [0.15, 0.2) is 0 Å². The van der Waals surface area contributed by atoms with E-state index in [9.17, 15) is 8.78 Å². The molecule has 0 amide bonds. The largest absolute Gasteiger partial charge is 0.497 e. The highest BCUT2D eigenvalue weighted by atomic mass is 19.1. The highest BCUT2D eigenvalue weighted by molar-refractivity contribution is 5.38. The molecule has 1 N–H and O–H groups in total. The SMILES string of the molecule is CNC(c1ccc(OC)cc1F)c1cccc(C)c1F. The molecule has 2 rings (SSSR count). The molecular weight excluding hydrogens is 260 g/mol. The second kappa shape index (κ2) is 6.01. The Balaban J connectivity index is 2.50. The summed E-state index contributed by atoms with van der Waals surface area (Å²) in [4.78, 5) is 0. The van der Waals surface area contributed by atoms with Gasteiger partial charge >= 0.3 is 0 Å². The standard InChI is InChI=1S/C16H17F2NO/c1-10-5-4-6-13(15(10)18)16(19-2)12-8-7-11(20-3)9-14(12)17/h4-9,16,19H,1-3H3. The van der Waals surface area contributed by atoms with E-state index in [4.69, 9.17) is 4.74 Å². The Bertz CT molecular complexity index is 613. The van der Waals surface area contributed by atoms with Gasteiger partial charge in [-0.2, -0.15) is 0 Å². The molecule has 0 spiro atoms. The lowest BCUT2D eigenvalue weighted by Crippen LogP contribution is -2.20.